The van der Waals surface area contributed by atoms with Crippen molar-refractivity contribution >= 4 is 5.91 Å². The van der Waals surface area contributed by atoms with Gasteiger partial charge in [0.1, 0.15) is 0 Å². The third kappa shape index (κ3) is 3.81. The highest BCUT2D eigenvalue weighted by atomic mass is 16.1. The zero-order valence-corrected chi connectivity index (χ0v) is 10.9. The zero-order valence-electron chi connectivity index (χ0n) is 10.9. The molecule has 1 aliphatic heterocycles. The molecular weight excluding hydrogens is 226 g/mol. The van der Waals surface area contributed by atoms with Crippen LogP contribution in [0.15, 0.2) is 18.3 Å². The molecule has 1 atom stereocenters. The van der Waals surface area contributed by atoms with Gasteiger partial charge in [0.15, 0.2) is 0 Å². The molecule has 0 aliphatic carbocycles. The summed E-state index contributed by atoms with van der Waals surface area (Å²) in [5.74, 6) is 0.0745. The van der Waals surface area contributed by atoms with Crippen LogP contribution in [0, 0.1) is 6.92 Å². The van der Waals surface area contributed by atoms with Gasteiger partial charge in [-0.1, -0.05) is 12.5 Å². The fourth-order valence-electron chi connectivity index (χ4n) is 2.28. The number of carbonyl (C=O) groups excluding carboxylic acids is 1. The predicted molar refractivity (Wildman–Crippen MR) is 71.3 cm³/mol. The van der Waals surface area contributed by atoms with Gasteiger partial charge in [-0.25, -0.2) is 0 Å². The Morgan fingerprint density at radius 1 is 1.56 bits per heavy atom. The van der Waals surface area contributed by atoms with Crippen LogP contribution < -0.4 is 10.6 Å². The van der Waals surface area contributed by atoms with E-state index in [0.29, 0.717) is 6.42 Å². The van der Waals surface area contributed by atoms with Crippen LogP contribution in [-0.4, -0.2) is 30.0 Å². The average molecular weight is 247 g/mol. The van der Waals surface area contributed by atoms with E-state index in [-0.39, 0.29) is 11.9 Å². The topological polar surface area (TPSA) is 54.0 Å². The van der Waals surface area contributed by atoms with Crippen molar-refractivity contribution in [2.24, 2.45) is 0 Å². The van der Waals surface area contributed by atoms with E-state index in [0.717, 1.165) is 30.8 Å². The summed E-state index contributed by atoms with van der Waals surface area (Å²) in [5, 5.41) is 6.44. The second-order valence-electron chi connectivity index (χ2n) is 4.91. The Kier molecular flexibility index (Phi) is 4.70. The highest BCUT2D eigenvalue weighted by Gasteiger charge is 2.15. The monoisotopic (exact) mass is 247 g/mol. The lowest BCUT2D eigenvalue weighted by atomic mass is 10.1. The lowest BCUT2D eigenvalue weighted by molar-refractivity contribution is -0.121. The Morgan fingerprint density at radius 3 is 3.28 bits per heavy atom. The summed E-state index contributed by atoms with van der Waals surface area (Å²) < 4.78 is 0. The molecule has 2 N–H and O–H groups in total. The fourth-order valence-corrected chi connectivity index (χ4v) is 2.28. The molecule has 0 saturated carbocycles. The van der Waals surface area contributed by atoms with Crippen molar-refractivity contribution in [3.8, 4) is 0 Å². The van der Waals surface area contributed by atoms with Crippen LogP contribution >= 0.6 is 0 Å². The highest BCUT2D eigenvalue weighted by Crippen LogP contribution is 2.06. The van der Waals surface area contributed by atoms with E-state index in [1.807, 2.05) is 19.1 Å². The number of pyridine rings is 1. The van der Waals surface area contributed by atoms with Crippen molar-refractivity contribution in [1.82, 2.24) is 15.6 Å². The van der Waals surface area contributed by atoms with E-state index in [1.165, 1.54) is 12.8 Å². The van der Waals surface area contributed by atoms with E-state index in [2.05, 4.69) is 15.6 Å². The number of carbonyl (C=O) groups is 1. The van der Waals surface area contributed by atoms with E-state index >= 15 is 0 Å². The van der Waals surface area contributed by atoms with Gasteiger partial charge in [0.05, 0.1) is 12.1 Å². The minimum atomic E-state index is 0.0745. The van der Waals surface area contributed by atoms with Crippen LogP contribution in [0.3, 0.4) is 0 Å². The molecule has 1 amide bonds. The van der Waals surface area contributed by atoms with Gasteiger partial charge in [-0.15, -0.1) is 0 Å². The number of rotatable bonds is 3. The molecule has 1 unspecified atom stereocenters. The molecule has 98 valence electrons. The summed E-state index contributed by atoms with van der Waals surface area (Å²) in [6.07, 6.45) is 5.57. The van der Waals surface area contributed by atoms with Crippen LogP contribution in [0.4, 0.5) is 0 Å². The largest absolute Gasteiger partial charge is 0.352 e. The first-order valence-electron chi connectivity index (χ1n) is 6.66. The van der Waals surface area contributed by atoms with Crippen LogP contribution in [0.1, 0.15) is 30.5 Å². The summed E-state index contributed by atoms with van der Waals surface area (Å²) in [6.45, 7) is 3.93. The average Bonchev–Trinajstić information content (AvgIpc) is 2.61. The Balaban J connectivity index is 1.86. The molecule has 18 heavy (non-hydrogen) atoms. The molecule has 0 bridgehead atoms. The molecule has 0 spiro atoms. The summed E-state index contributed by atoms with van der Waals surface area (Å²) in [4.78, 5) is 16.2. The first-order chi connectivity index (χ1) is 8.75. The van der Waals surface area contributed by atoms with Gasteiger partial charge in [0, 0.05) is 18.8 Å². The standard InChI is InChI=1S/C14H21N3O/c1-11-5-4-8-16-13(11)9-14(18)17-12-6-2-3-7-15-10-12/h4-5,8,12,15H,2-3,6-7,9-10H2,1H3,(H,17,18). The molecule has 1 aliphatic rings. The molecule has 2 heterocycles. The zero-order chi connectivity index (χ0) is 12.8. The van der Waals surface area contributed by atoms with Gasteiger partial charge in [-0.05, 0) is 37.9 Å². The SMILES string of the molecule is Cc1cccnc1CC(=O)NC1CCCCNC1. The van der Waals surface area contributed by atoms with Crippen LogP contribution in [0.2, 0.25) is 0 Å². The molecule has 1 aromatic rings. The number of amides is 1. The summed E-state index contributed by atoms with van der Waals surface area (Å²) in [6, 6.07) is 4.15. The number of aryl methyl sites for hydroxylation is 1. The lowest BCUT2D eigenvalue weighted by Crippen LogP contribution is -2.41. The van der Waals surface area contributed by atoms with Crippen molar-refractivity contribution in [3.63, 3.8) is 0 Å². The Bertz CT molecular complexity index is 398. The Labute approximate surface area is 108 Å². The second kappa shape index (κ2) is 6.50. The molecule has 1 saturated heterocycles. The number of nitrogens with one attached hydrogen (secondary N) is 2. The first-order valence-corrected chi connectivity index (χ1v) is 6.66. The van der Waals surface area contributed by atoms with Crippen LogP contribution in [0.25, 0.3) is 0 Å². The summed E-state index contributed by atoms with van der Waals surface area (Å²) >= 11 is 0. The van der Waals surface area contributed by atoms with Crippen molar-refractivity contribution < 1.29 is 4.79 Å². The molecule has 0 aromatic carbocycles. The lowest BCUT2D eigenvalue weighted by Gasteiger charge is -2.16. The molecule has 1 fully saturated rings. The Hall–Kier alpha value is -1.42. The number of hydrogen-bond acceptors (Lipinski definition) is 3. The van der Waals surface area contributed by atoms with E-state index in [4.69, 9.17) is 0 Å². The Morgan fingerprint density at radius 2 is 2.44 bits per heavy atom. The minimum Gasteiger partial charge on any atom is -0.352 e. The maximum absolute atomic E-state index is 12.0. The van der Waals surface area contributed by atoms with E-state index < -0.39 is 0 Å². The van der Waals surface area contributed by atoms with Gasteiger partial charge < -0.3 is 10.6 Å². The summed E-state index contributed by atoms with van der Waals surface area (Å²) in [5.41, 5.74) is 1.95. The van der Waals surface area contributed by atoms with Crippen molar-refractivity contribution in [2.75, 3.05) is 13.1 Å². The molecule has 1 aromatic heterocycles. The van der Waals surface area contributed by atoms with Gasteiger partial charge in [0.25, 0.3) is 0 Å². The van der Waals surface area contributed by atoms with Crippen LogP contribution in [-0.2, 0) is 11.2 Å². The number of nitrogens with zero attached hydrogens (tertiary/aromatic N) is 1. The molecular formula is C14H21N3O. The molecule has 2 rings (SSSR count). The molecule has 0 radical (unpaired) electrons. The van der Waals surface area contributed by atoms with E-state index in [1.54, 1.807) is 6.20 Å². The normalized spacial score (nSPS) is 20.2. The first kappa shape index (κ1) is 13.0. The number of aromatic nitrogens is 1. The van der Waals surface area contributed by atoms with Gasteiger partial charge in [-0.2, -0.15) is 0 Å². The molecule has 4 heteroatoms. The smallest absolute Gasteiger partial charge is 0.226 e. The van der Waals surface area contributed by atoms with Gasteiger partial charge >= 0.3 is 0 Å². The van der Waals surface area contributed by atoms with Crippen molar-refractivity contribution in [3.05, 3.63) is 29.6 Å². The third-order valence-corrected chi connectivity index (χ3v) is 3.36. The summed E-state index contributed by atoms with van der Waals surface area (Å²) in [7, 11) is 0. The maximum Gasteiger partial charge on any atom is 0.226 e. The van der Waals surface area contributed by atoms with Crippen molar-refractivity contribution in [2.45, 2.75) is 38.6 Å². The number of hydrogen-bond donors (Lipinski definition) is 2. The maximum atomic E-state index is 12.0. The van der Waals surface area contributed by atoms with Crippen molar-refractivity contribution in [1.29, 1.82) is 0 Å². The highest BCUT2D eigenvalue weighted by molar-refractivity contribution is 5.78. The third-order valence-electron chi connectivity index (χ3n) is 3.36. The quantitative estimate of drug-likeness (QED) is 0.843. The minimum absolute atomic E-state index is 0.0745. The fraction of sp³-hybridized carbons (Fsp3) is 0.571. The van der Waals surface area contributed by atoms with Crippen LogP contribution in [0.5, 0.6) is 0 Å². The second-order valence-corrected chi connectivity index (χ2v) is 4.91. The van der Waals surface area contributed by atoms with Gasteiger partial charge in [-0.3, -0.25) is 9.78 Å². The van der Waals surface area contributed by atoms with Gasteiger partial charge in [0.2, 0.25) is 5.91 Å². The predicted octanol–water partition coefficient (Wildman–Crippen LogP) is 1.19. The van der Waals surface area contributed by atoms with E-state index in [9.17, 15) is 4.79 Å². The molecule has 4 nitrogen and oxygen atoms in total.